The van der Waals surface area contributed by atoms with Crippen LogP contribution in [-0.2, 0) is 14.3 Å². The van der Waals surface area contributed by atoms with E-state index in [1.54, 1.807) is 0 Å². The van der Waals surface area contributed by atoms with Crippen LogP contribution in [0, 0.1) is 5.41 Å². The highest BCUT2D eigenvalue weighted by atomic mass is 16.6. The third-order valence-corrected chi connectivity index (χ3v) is 1.40. The molecular formula is C10H20O4. The fraction of sp³-hybridized carbons (Fsp3) is 0.900. The normalized spacial score (nSPS) is 11.4. The highest BCUT2D eigenvalue weighted by Gasteiger charge is 2.16. The minimum absolute atomic E-state index is 0.00403. The third kappa shape index (κ3) is 9.48. The van der Waals surface area contributed by atoms with Crippen molar-refractivity contribution in [3.8, 4) is 0 Å². The first-order valence-corrected chi connectivity index (χ1v) is 4.80. The van der Waals surface area contributed by atoms with Crippen molar-refractivity contribution >= 4 is 5.97 Å². The topological polar surface area (TPSA) is 55.8 Å². The van der Waals surface area contributed by atoms with E-state index in [9.17, 15) is 4.79 Å². The molecule has 0 aromatic rings. The van der Waals surface area contributed by atoms with Gasteiger partial charge in [-0.2, -0.15) is 0 Å². The van der Waals surface area contributed by atoms with Crippen molar-refractivity contribution in [2.45, 2.75) is 27.2 Å². The smallest absolute Gasteiger partial charge is 0.306 e. The minimum Gasteiger partial charge on any atom is -0.463 e. The van der Waals surface area contributed by atoms with Crippen LogP contribution in [0.5, 0.6) is 0 Å². The van der Waals surface area contributed by atoms with Gasteiger partial charge in [0.2, 0.25) is 0 Å². The number of aliphatic hydroxyl groups excluding tert-OH is 1. The summed E-state index contributed by atoms with van der Waals surface area (Å²) < 4.78 is 9.86. The maximum atomic E-state index is 11.2. The Bertz CT molecular complexity index is 160. The molecule has 0 aliphatic heterocycles. The van der Waals surface area contributed by atoms with Gasteiger partial charge >= 0.3 is 5.97 Å². The molecule has 0 bridgehead atoms. The average Bonchev–Trinajstić information content (AvgIpc) is 2.00. The molecule has 84 valence electrons. The molecule has 0 spiro atoms. The second-order valence-electron chi connectivity index (χ2n) is 4.29. The van der Waals surface area contributed by atoms with E-state index in [0.29, 0.717) is 13.0 Å². The maximum Gasteiger partial charge on any atom is 0.306 e. The molecular weight excluding hydrogens is 184 g/mol. The second-order valence-corrected chi connectivity index (χ2v) is 4.29. The van der Waals surface area contributed by atoms with E-state index < -0.39 is 0 Å². The quantitative estimate of drug-likeness (QED) is 0.517. The summed E-state index contributed by atoms with van der Waals surface area (Å²) in [5.74, 6) is -0.204. The van der Waals surface area contributed by atoms with Gasteiger partial charge in [-0.3, -0.25) is 4.79 Å². The van der Waals surface area contributed by atoms with Gasteiger partial charge < -0.3 is 14.6 Å². The van der Waals surface area contributed by atoms with E-state index in [0.717, 1.165) is 0 Å². The van der Waals surface area contributed by atoms with Gasteiger partial charge in [-0.05, 0) is 5.41 Å². The van der Waals surface area contributed by atoms with Crippen molar-refractivity contribution in [2.75, 3.05) is 26.4 Å². The second kappa shape index (κ2) is 6.79. The zero-order chi connectivity index (χ0) is 11.0. The van der Waals surface area contributed by atoms with Crippen molar-refractivity contribution < 1.29 is 19.4 Å². The molecule has 4 nitrogen and oxygen atoms in total. The number of carbonyl (C=O) groups is 1. The van der Waals surface area contributed by atoms with Crippen LogP contribution in [0.1, 0.15) is 27.2 Å². The summed E-state index contributed by atoms with van der Waals surface area (Å²) in [7, 11) is 0. The van der Waals surface area contributed by atoms with E-state index in [4.69, 9.17) is 14.6 Å². The number of hydrogen-bond donors (Lipinski definition) is 1. The lowest BCUT2D eigenvalue weighted by Gasteiger charge is -2.16. The Labute approximate surface area is 85.2 Å². The van der Waals surface area contributed by atoms with E-state index >= 15 is 0 Å². The molecule has 14 heavy (non-hydrogen) atoms. The van der Waals surface area contributed by atoms with Gasteiger partial charge in [0.15, 0.2) is 0 Å². The molecule has 4 heteroatoms. The molecule has 0 aromatic heterocycles. The molecule has 0 unspecified atom stereocenters. The van der Waals surface area contributed by atoms with Crippen LogP contribution in [0.25, 0.3) is 0 Å². The molecule has 0 aromatic carbocycles. The molecule has 0 rings (SSSR count). The number of aliphatic hydroxyl groups is 1. The number of carbonyl (C=O) groups excluding carboxylic acids is 1. The van der Waals surface area contributed by atoms with Gasteiger partial charge in [0.05, 0.1) is 26.2 Å². The first-order valence-electron chi connectivity index (χ1n) is 4.80. The number of hydrogen-bond acceptors (Lipinski definition) is 4. The molecule has 0 aliphatic carbocycles. The molecule has 0 aliphatic rings. The van der Waals surface area contributed by atoms with Crippen LogP contribution in [-0.4, -0.2) is 37.5 Å². The Morgan fingerprint density at radius 1 is 1.21 bits per heavy atom. The zero-order valence-corrected chi connectivity index (χ0v) is 9.21. The summed E-state index contributed by atoms with van der Waals surface area (Å²) in [4.78, 5) is 11.2. The van der Waals surface area contributed by atoms with Gasteiger partial charge in [-0.1, -0.05) is 20.8 Å². The molecule has 0 atom stereocenters. The predicted molar refractivity (Wildman–Crippen MR) is 52.9 cm³/mol. The fourth-order valence-corrected chi connectivity index (χ4v) is 0.865. The van der Waals surface area contributed by atoms with Gasteiger partial charge in [-0.25, -0.2) is 0 Å². The van der Waals surface area contributed by atoms with Gasteiger partial charge in [0, 0.05) is 0 Å². The van der Waals surface area contributed by atoms with Crippen LogP contribution >= 0.6 is 0 Å². The minimum atomic E-state index is -0.204. The van der Waals surface area contributed by atoms with Crippen LogP contribution in [0.3, 0.4) is 0 Å². The highest BCUT2D eigenvalue weighted by Crippen LogP contribution is 2.18. The molecule has 0 saturated heterocycles. The van der Waals surface area contributed by atoms with E-state index in [1.165, 1.54) is 0 Å². The van der Waals surface area contributed by atoms with Crippen molar-refractivity contribution in [1.29, 1.82) is 0 Å². The lowest BCUT2D eigenvalue weighted by Crippen LogP contribution is -2.17. The number of rotatable bonds is 6. The SMILES string of the molecule is CC(C)(C)CC(=O)OCCOCCO. The Kier molecular flexibility index (Phi) is 6.49. The summed E-state index contributed by atoms with van der Waals surface area (Å²) in [6.07, 6.45) is 0.410. The Morgan fingerprint density at radius 3 is 2.36 bits per heavy atom. The molecule has 0 amide bonds. The molecule has 1 N–H and O–H groups in total. The first-order chi connectivity index (χ1) is 6.45. The lowest BCUT2D eigenvalue weighted by molar-refractivity contribution is -0.147. The van der Waals surface area contributed by atoms with E-state index in [-0.39, 0.29) is 31.2 Å². The van der Waals surface area contributed by atoms with Gasteiger partial charge in [0.25, 0.3) is 0 Å². The maximum absolute atomic E-state index is 11.2. The standard InChI is InChI=1S/C10H20O4/c1-10(2,3)8-9(12)14-7-6-13-5-4-11/h11H,4-8H2,1-3H3. The Hall–Kier alpha value is -0.610. The van der Waals surface area contributed by atoms with Crippen molar-refractivity contribution in [1.82, 2.24) is 0 Å². The molecule has 0 saturated carbocycles. The van der Waals surface area contributed by atoms with Crippen LogP contribution in [0.2, 0.25) is 0 Å². The predicted octanol–water partition coefficient (Wildman–Crippen LogP) is 0.975. The molecule has 0 heterocycles. The summed E-state index contributed by atoms with van der Waals surface area (Å²) in [5, 5.41) is 8.39. The monoisotopic (exact) mass is 204 g/mol. The third-order valence-electron chi connectivity index (χ3n) is 1.40. The summed E-state index contributed by atoms with van der Waals surface area (Å²) >= 11 is 0. The van der Waals surface area contributed by atoms with Crippen LogP contribution in [0.15, 0.2) is 0 Å². The lowest BCUT2D eigenvalue weighted by atomic mass is 9.93. The van der Waals surface area contributed by atoms with Crippen LogP contribution < -0.4 is 0 Å². The van der Waals surface area contributed by atoms with E-state index in [2.05, 4.69) is 0 Å². The van der Waals surface area contributed by atoms with Gasteiger partial charge in [0.1, 0.15) is 6.61 Å². The van der Waals surface area contributed by atoms with Crippen molar-refractivity contribution in [2.24, 2.45) is 5.41 Å². The zero-order valence-electron chi connectivity index (χ0n) is 9.21. The number of esters is 1. The largest absolute Gasteiger partial charge is 0.463 e. The first kappa shape index (κ1) is 13.4. The molecule has 0 radical (unpaired) electrons. The molecule has 0 fully saturated rings. The highest BCUT2D eigenvalue weighted by molar-refractivity contribution is 5.70. The Balaban J connectivity index is 3.36. The average molecular weight is 204 g/mol. The summed E-state index contributed by atoms with van der Waals surface area (Å²) in [6, 6.07) is 0. The summed E-state index contributed by atoms with van der Waals surface area (Å²) in [6.45, 7) is 6.83. The van der Waals surface area contributed by atoms with Crippen molar-refractivity contribution in [3.63, 3.8) is 0 Å². The summed E-state index contributed by atoms with van der Waals surface area (Å²) in [5.41, 5.74) is -0.0387. The van der Waals surface area contributed by atoms with E-state index in [1.807, 2.05) is 20.8 Å². The fourth-order valence-electron chi connectivity index (χ4n) is 0.865. The van der Waals surface area contributed by atoms with Crippen molar-refractivity contribution in [3.05, 3.63) is 0 Å². The van der Waals surface area contributed by atoms with Crippen LogP contribution in [0.4, 0.5) is 0 Å². The van der Waals surface area contributed by atoms with Gasteiger partial charge in [-0.15, -0.1) is 0 Å². The number of ether oxygens (including phenoxy) is 2. The Morgan fingerprint density at radius 2 is 1.86 bits per heavy atom.